The zero-order valence-corrected chi connectivity index (χ0v) is 18.7. The van der Waals surface area contributed by atoms with Gasteiger partial charge in [0, 0.05) is 24.3 Å². The van der Waals surface area contributed by atoms with Crippen molar-refractivity contribution in [3.05, 3.63) is 60.0 Å². The van der Waals surface area contributed by atoms with Crippen LogP contribution >= 0.6 is 0 Å². The lowest BCUT2D eigenvalue weighted by Gasteiger charge is -2.45. The monoisotopic (exact) mass is 440 g/mol. The molecule has 1 atom stereocenters. The van der Waals surface area contributed by atoms with Gasteiger partial charge in [-0.05, 0) is 63.2 Å². The van der Waals surface area contributed by atoms with Gasteiger partial charge in [-0.2, -0.15) is 10.4 Å². The third-order valence-electron chi connectivity index (χ3n) is 5.85. The van der Waals surface area contributed by atoms with Crippen molar-refractivity contribution >= 4 is 28.4 Å². The van der Waals surface area contributed by atoms with Crippen LogP contribution in [-0.4, -0.2) is 42.9 Å². The Morgan fingerprint density at radius 1 is 1.15 bits per heavy atom. The van der Waals surface area contributed by atoms with Crippen molar-refractivity contribution in [3.63, 3.8) is 0 Å². The third-order valence-corrected chi connectivity index (χ3v) is 5.85. The molecule has 2 N–H and O–H groups in total. The second kappa shape index (κ2) is 7.83. The van der Waals surface area contributed by atoms with Gasteiger partial charge in [0.25, 0.3) is 0 Å². The lowest BCUT2D eigenvalue weighted by atomic mass is 9.83. The zero-order valence-electron chi connectivity index (χ0n) is 18.7. The summed E-state index contributed by atoms with van der Waals surface area (Å²) in [4.78, 5) is 11.4. The molecule has 1 saturated heterocycles. The molecule has 4 heterocycles. The molecular formula is C24H24N8O. The highest BCUT2D eigenvalue weighted by Gasteiger charge is 2.40. The number of fused-ring (bicyclic) bond motifs is 1. The summed E-state index contributed by atoms with van der Waals surface area (Å²) in [7, 11) is 0. The van der Waals surface area contributed by atoms with Gasteiger partial charge in [-0.1, -0.05) is 0 Å². The van der Waals surface area contributed by atoms with Gasteiger partial charge in [0.1, 0.15) is 18.0 Å². The van der Waals surface area contributed by atoms with E-state index in [0.717, 1.165) is 28.0 Å². The standard InChI is InChI=1S/C24H24N8O/c1-15-4-8-21(30-29-15)27-17-5-7-19-20(10-17)32(14-26-19)22-9-6-18(16(2)33)23(28-22)31-12-24(3,11-25)13-31/h4-10,14,16,33H,12-13H2,1-3H3,(H,27,30). The normalized spacial score (nSPS) is 15.7. The summed E-state index contributed by atoms with van der Waals surface area (Å²) in [5.41, 5.74) is 3.77. The number of nitrogens with one attached hydrogen (secondary N) is 1. The molecule has 1 aliphatic heterocycles. The number of aryl methyl sites for hydroxylation is 1. The van der Waals surface area contributed by atoms with Crippen molar-refractivity contribution < 1.29 is 5.11 Å². The van der Waals surface area contributed by atoms with E-state index in [1.165, 1.54) is 0 Å². The van der Waals surface area contributed by atoms with Gasteiger partial charge in [-0.3, -0.25) is 4.57 Å². The van der Waals surface area contributed by atoms with E-state index in [-0.39, 0.29) is 0 Å². The van der Waals surface area contributed by atoms with Gasteiger partial charge in [0.15, 0.2) is 5.82 Å². The first-order valence-electron chi connectivity index (χ1n) is 10.8. The smallest absolute Gasteiger partial charge is 0.153 e. The van der Waals surface area contributed by atoms with Crippen LogP contribution in [-0.2, 0) is 0 Å². The molecule has 1 unspecified atom stereocenters. The molecule has 1 fully saturated rings. The molecule has 9 heteroatoms. The lowest BCUT2D eigenvalue weighted by molar-refractivity contribution is 0.198. The zero-order chi connectivity index (χ0) is 23.2. The molecule has 0 radical (unpaired) electrons. The molecule has 166 valence electrons. The molecule has 3 aromatic heterocycles. The van der Waals surface area contributed by atoms with Crippen molar-refractivity contribution in [2.45, 2.75) is 26.9 Å². The van der Waals surface area contributed by atoms with E-state index in [1.807, 2.05) is 65.8 Å². The summed E-state index contributed by atoms with van der Waals surface area (Å²) >= 11 is 0. The maximum Gasteiger partial charge on any atom is 0.153 e. The number of anilines is 3. The van der Waals surface area contributed by atoms with E-state index in [0.29, 0.717) is 30.5 Å². The van der Waals surface area contributed by atoms with Gasteiger partial charge >= 0.3 is 0 Å². The van der Waals surface area contributed by atoms with E-state index in [4.69, 9.17) is 4.98 Å². The molecule has 33 heavy (non-hydrogen) atoms. The fourth-order valence-corrected chi connectivity index (χ4v) is 4.06. The predicted octanol–water partition coefficient (Wildman–Crippen LogP) is 3.67. The summed E-state index contributed by atoms with van der Waals surface area (Å²) < 4.78 is 1.92. The topological polar surface area (TPSA) is 116 Å². The second-order valence-corrected chi connectivity index (χ2v) is 8.79. The molecule has 9 nitrogen and oxygen atoms in total. The molecule has 4 aromatic rings. The van der Waals surface area contributed by atoms with Crippen LogP contribution < -0.4 is 10.2 Å². The molecule has 0 aliphatic carbocycles. The number of aromatic nitrogens is 5. The molecule has 5 rings (SSSR count). The summed E-state index contributed by atoms with van der Waals surface area (Å²) in [5.74, 6) is 2.04. The summed E-state index contributed by atoms with van der Waals surface area (Å²) in [6.07, 6.45) is 1.07. The number of hydrogen-bond donors (Lipinski definition) is 2. The molecule has 0 amide bonds. The van der Waals surface area contributed by atoms with E-state index in [1.54, 1.807) is 13.3 Å². The number of aliphatic hydroxyl groups is 1. The third kappa shape index (κ3) is 3.85. The summed E-state index contributed by atoms with van der Waals surface area (Å²) in [6.45, 7) is 6.71. The van der Waals surface area contributed by atoms with Crippen LogP contribution in [0.4, 0.5) is 17.3 Å². The van der Waals surface area contributed by atoms with Crippen LogP contribution in [0.15, 0.2) is 48.8 Å². The summed E-state index contributed by atoms with van der Waals surface area (Å²) in [5, 5.41) is 31.2. The molecule has 0 bridgehead atoms. The number of aliphatic hydroxyl groups excluding tert-OH is 1. The Morgan fingerprint density at radius 2 is 1.97 bits per heavy atom. The largest absolute Gasteiger partial charge is 0.389 e. The minimum absolute atomic E-state index is 0.394. The van der Waals surface area contributed by atoms with Crippen molar-refractivity contribution in [1.82, 2.24) is 24.7 Å². The first kappa shape index (κ1) is 20.8. The molecular weight excluding hydrogens is 416 g/mol. The van der Waals surface area contributed by atoms with Gasteiger partial charge in [-0.15, -0.1) is 5.10 Å². The Hall–Kier alpha value is -4.03. The maximum atomic E-state index is 10.3. The van der Waals surface area contributed by atoms with Crippen LogP contribution in [0.2, 0.25) is 0 Å². The number of rotatable bonds is 5. The van der Waals surface area contributed by atoms with Crippen molar-refractivity contribution in [2.24, 2.45) is 5.41 Å². The Bertz CT molecular complexity index is 1360. The lowest BCUT2D eigenvalue weighted by Crippen LogP contribution is -2.54. The number of benzene rings is 1. The minimum atomic E-state index is -0.665. The predicted molar refractivity (Wildman–Crippen MR) is 125 cm³/mol. The van der Waals surface area contributed by atoms with E-state index in [2.05, 4.69) is 26.6 Å². The van der Waals surface area contributed by atoms with Crippen LogP contribution in [0.5, 0.6) is 0 Å². The Morgan fingerprint density at radius 3 is 2.67 bits per heavy atom. The Labute approximate surface area is 191 Å². The van der Waals surface area contributed by atoms with Crippen LogP contribution in [0, 0.1) is 23.7 Å². The van der Waals surface area contributed by atoms with Gasteiger partial charge in [0.2, 0.25) is 0 Å². The maximum absolute atomic E-state index is 10.3. The highest BCUT2D eigenvalue weighted by Crippen LogP contribution is 2.37. The number of nitriles is 1. The number of imidazole rings is 1. The average molecular weight is 441 g/mol. The fourth-order valence-electron chi connectivity index (χ4n) is 4.06. The SMILES string of the molecule is Cc1ccc(Nc2ccc3ncn(-c4ccc(C(C)O)c(N5CC(C)(C#N)C5)n4)c3c2)nn1. The number of hydrogen-bond acceptors (Lipinski definition) is 8. The Kier molecular flexibility index (Phi) is 4.95. The van der Waals surface area contributed by atoms with E-state index in [9.17, 15) is 10.4 Å². The first-order valence-corrected chi connectivity index (χ1v) is 10.8. The first-order chi connectivity index (χ1) is 15.8. The van der Waals surface area contributed by atoms with E-state index < -0.39 is 11.5 Å². The molecule has 1 aromatic carbocycles. The van der Waals surface area contributed by atoms with Gasteiger partial charge < -0.3 is 15.3 Å². The van der Waals surface area contributed by atoms with Crippen LogP contribution in [0.25, 0.3) is 16.9 Å². The van der Waals surface area contributed by atoms with Crippen LogP contribution in [0.3, 0.4) is 0 Å². The van der Waals surface area contributed by atoms with Gasteiger partial charge in [-0.25, -0.2) is 9.97 Å². The molecule has 0 saturated carbocycles. The van der Waals surface area contributed by atoms with Crippen molar-refractivity contribution in [3.8, 4) is 11.9 Å². The van der Waals surface area contributed by atoms with Crippen molar-refractivity contribution in [1.29, 1.82) is 5.26 Å². The second-order valence-electron chi connectivity index (χ2n) is 8.79. The van der Waals surface area contributed by atoms with Crippen molar-refractivity contribution in [2.75, 3.05) is 23.3 Å². The number of pyridine rings is 1. The Balaban J connectivity index is 1.51. The highest BCUT2D eigenvalue weighted by molar-refractivity contribution is 5.82. The average Bonchev–Trinajstić information content (AvgIpc) is 3.21. The van der Waals surface area contributed by atoms with Gasteiger partial charge in [0.05, 0.1) is 34.3 Å². The van der Waals surface area contributed by atoms with E-state index >= 15 is 0 Å². The molecule has 1 aliphatic rings. The highest BCUT2D eigenvalue weighted by atomic mass is 16.3. The number of nitrogens with zero attached hydrogens (tertiary/aromatic N) is 7. The summed E-state index contributed by atoms with van der Waals surface area (Å²) in [6, 6.07) is 15.8. The fraction of sp³-hybridized carbons (Fsp3) is 0.292. The minimum Gasteiger partial charge on any atom is -0.389 e. The molecule has 0 spiro atoms. The van der Waals surface area contributed by atoms with Crippen LogP contribution in [0.1, 0.15) is 31.2 Å². The quantitative estimate of drug-likeness (QED) is 0.483.